The molecule has 3 rings (SSSR count). The molecule has 1 heterocycles. The largest absolute Gasteiger partial charge is 0.468 e. The number of carbonyl (C=O) groups is 3. The normalized spacial score (nSPS) is 18.2. The molecule has 0 aromatic heterocycles. The van der Waals surface area contributed by atoms with E-state index in [1.807, 2.05) is 0 Å². The predicted molar refractivity (Wildman–Crippen MR) is 98.3 cm³/mol. The predicted octanol–water partition coefficient (Wildman–Crippen LogP) is 1.52. The third-order valence-corrected chi connectivity index (χ3v) is 4.60. The third kappa shape index (κ3) is 3.18. The van der Waals surface area contributed by atoms with Crippen molar-refractivity contribution in [3.63, 3.8) is 0 Å². The SMILES string of the molecule is COC(=O)CNC(=O)[C@@]1(c2ccc([N+](=O)[O-])cc2)CC(=O)N1c1ccccc1. The first kappa shape index (κ1) is 19.0. The monoisotopic (exact) mass is 383 g/mol. The summed E-state index contributed by atoms with van der Waals surface area (Å²) in [5.41, 5.74) is -0.637. The number of benzene rings is 2. The average molecular weight is 383 g/mol. The molecule has 0 aliphatic carbocycles. The fourth-order valence-corrected chi connectivity index (χ4v) is 3.21. The fraction of sp³-hybridized carbons (Fsp3) is 0.211. The van der Waals surface area contributed by atoms with Crippen molar-refractivity contribution in [3.8, 4) is 0 Å². The Morgan fingerprint density at radius 1 is 1.18 bits per heavy atom. The lowest BCUT2D eigenvalue weighted by Gasteiger charge is -2.50. The van der Waals surface area contributed by atoms with Crippen LogP contribution in [0.15, 0.2) is 54.6 Å². The molecule has 0 radical (unpaired) electrons. The zero-order chi connectivity index (χ0) is 20.3. The number of rotatable bonds is 6. The Morgan fingerprint density at radius 2 is 1.82 bits per heavy atom. The topological polar surface area (TPSA) is 119 Å². The van der Waals surface area contributed by atoms with E-state index < -0.39 is 22.3 Å². The number of nitro benzene ring substituents is 1. The van der Waals surface area contributed by atoms with Crippen LogP contribution in [0.4, 0.5) is 11.4 Å². The van der Waals surface area contributed by atoms with Gasteiger partial charge in [0.25, 0.3) is 11.6 Å². The standard InChI is InChI=1S/C19H17N3O6/c1-28-17(24)12-20-18(25)19(13-7-9-15(10-8-13)22(26)27)11-16(23)21(19)14-5-3-2-4-6-14/h2-10H,11-12H2,1H3,(H,20,25)/t19-/m0/s1. The maximum absolute atomic E-state index is 13.1. The molecule has 9 heteroatoms. The van der Waals surface area contributed by atoms with Gasteiger partial charge in [0.05, 0.1) is 18.5 Å². The molecule has 0 bridgehead atoms. The molecule has 1 N–H and O–H groups in total. The summed E-state index contributed by atoms with van der Waals surface area (Å²) in [5.74, 6) is -1.49. The molecule has 28 heavy (non-hydrogen) atoms. The molecule has 1 saturated heterocycles. The summed E-state index contributed by atoms with van der Waals surface area (Å²) >= 11 is 0. The van der Waals surface area contributed by atoms with E-state index in [0.29, 0.717) is 11.3 Å². The van der Waals surface area contributed by atoms with Gasteiger partial charge in [0, 0.05) is 17.8 Å². The van der Waals surface area contributed by atoms with Crippen LogP contribution in [-0.4, -0.2) is 36.4 Å². The zero-order valence-electron chi connectivity index (χ0n) is 15.0. The number of anilines is 1. The number of methoxy groups -OCH3 is 1. The van der Waals surface area contributed by atoms with Gasteiger partial charge in [-0.1, -0.05) is 18.2 Å². The highest BCUT2D eigenvalue weighted by Gasteiger charge is 2.58. The maximum atomic E-state index is 13.1. The zero-order valence-corrected chi connectivity index (χ0v) is 15.0. The van der Waals surface area contributed by atoms with Gasteiger partial charge in [-0.3, -0.25) is 29.4 Å². The second-order valence-corrected chi connectivity index (χ2v) is 6.16. The number of β-lactam (4-membered cyclic amide) rings is 1. The van der Waals surface area contributed by atoms with Crippen molar-refractivity contribution in [1.29, 1.82) is 0 Å². The minimum Gasteiger partial charge on any atom is -0.468 e. The van der Waals surface area contributed by atoms with Crippen LogP contribution in [0, 0.1) is 10.1 Å². The first-order chi connectivity index (χ1) is 13.4. The van der Waals surface area contributed by atoms with Crippen molar-refractivity contribution in [2.75, 3.05) is 18.6 Å². The minimum absolute atomic E-state index is 0.132. The molecule has 0 unspecified atom stereocenters. The third-order valence-electron chi connectivity index (χ3n) is 4.60. The summed E-state index contributed by atoms with van der Waals surface area (Å²) < 4.78 is 4.54. The second-order valence-electron chi connectivity index (χ2n) is 6.16. The van der Waals surface area contributed by atoms with Gasteiger partial charge in [0.1, 0.15) is 6.54 Å². The Hall–Kier alpha value is -3.75. The smallest absolute Gasteiger partial charge is 0.325 e. The van der Waals surface area contributed by atoms with Crippen molar-refractivity contribution in [2.45, 2.75) is 12.0 Å². The molecule has 1 atom stereocenters. The van der Waals surface area contributed by atoms with Crippen LogP contribution < -0.4 is 10.2 Å². The number of para-hydroxylation sites is 1. The lowest BCUT2D eigenvalue weighted by molar-refractivity contribution is -0.384. The number of hydrogen-bond acceptors (Lipinski definition) is 6. The van der Waals surface area contributed by atoms with Crippen molar-refractivity contribution in [1.82, 2.24) is 5.32 Å². The first-order valence-corrected chi connectivity index (χ1v) is 8.38. The van der Waals surface area contributed by atoms with Crippen LogP contribution in [0.25, 0.3) is 0 Å². The lowest BCUT2D eigenvalue weighted by Crippen LogP contribution is -2.68. The number of hydrogen-bond donors (Lipinski definition) is 1. The molecule has 1 aliphatic heterocycles. The summed E-state index contributed by atoms with van der Waals surface area (Å²) in [5, 5.41) is 13.4. The Balaban J connectivity index is 2.03. The van der Waals surface area contributed by atoms with Gasteiger partial charge in [-0.05, 0) is 29.8 Å². The van der Waals surface area contributed by atoms with E-state index in [9.17, 15) is 24.5 Å². The fourth-order valence-electron chi connectivity index (χ4n) is 3.21. The van der Waals surface area contributed by atoms with Crippen LogP contribution in [0.2, 0.25) is 0 Å². The van der Waals surface area contributed by atoms with Crippen molar-refractivity contribution < 1.29 is 24.0 Å². The van der Waals surface area contributed by atoms with E-state index in [1.54, 1.807) is 30.3 Å². The van der Waals surface area contributed by atoms with E-state index in [2.05, 4.69) is 10.1 Å². The van der Waals surface area contributed by atoms with Gasteiger partial charge < -0.3 is 10.1 Å². The number of nitro groups is 1. The Morgan fingerprint density at radius 3 is 2.36 bits per heavy atom. The highest BCUT2D eigenvalue weighted by molar-refractivity contribution is 6.14. The van der Waals surface area contributed by atoms with Crippen LogP contribution in [0.5, 0.6) is 0 Å². The van der Waals surface area contributed by atoms with Crippen molar-refractivity contribution in [3.05, 3.63) is 70.3 Å². The van der Waals surface area contributed by atoms with Crippen LogP contribution in [0.1, 0.15) is 12.0 Å². The summed E-state index contributed by atoms with van der Waals surface area (Å²) in [4.78, 5) is 48.7. The first-order valence-electron chi connectivity index (χ1n) is 8.38. The Bertz CT molecular complexity index is 928. The highest BCUT2D eigenvalue weighted by atomic mass is 16.6. The molecule has 0 saturated carbocycles. The summed E-state index contributed by atoms with van der Waals surface area (Å²) in [6, 6.07) is 14.0. The minimum atomic E-state index is -1.42. The Labute approximate surface area is 160 Å². The van der Waals surface area contributed by atoms with Gasteiger partial charge in [-0.15, -0.1) is 0 Å². The van der Waals surface area contributed by atoms with Gasteiger partial charge in [-0.25, -0.2) is 0 Å². The van der Waals surface area contributed by atoms with E-state index >= 15 is 0 Å². The van der Waals surface area contributed by atoms with E-state index in [0.717, 1.165) is 0 Å². The molecule has 1 fully saturated rings. The molecule has 1 aliphatic rings. The second kappa shape index (κ2) is 7.47. The Kier molecular flexibility index (Phi) is 5.08. The van der Waals surface area contributed by atoms with Crippen molar-refractivity contribution in [2.24, 2.45) is 0 Å². The molecule has 0 spiro atoms. The average Bonchev–Trinajstić information content (AvgIpc) is 2.70. The molecule has 2 aromatic rings. The lowest BCUT2D eigenvalue weighted by atomic mass is 9.76. The van der Waals surface area contributed by atoms with Crippen LogP contribution in [0.3, 0.4) is 0 Å². The number of ether oxygens (including phenoxy) is 1. The molecule has 9 nitrogen and oxygen atoms in total. The van der Waals surface area contributed by atoms with Crippen LogP contribution in [-0.2, 0) is 24.7 Å². The molecule has 2 aromatic carbocycles. The maximum Gasteiger partial charge on any atom is 0.325 e. The van der Waals surface area contributed by atoms with Crippen molar-refractivity contribution >= 4 is 29.2 Å². The van der Waals surface area contributed by atoms with E-state index in [4.69, 9.17) is 0 Å². The molecular weight excluding hydrogens is 366 g/mol. The number of amides is 2. The number of nitrogens with zero attached hydrogens (tertiary/aromatic N) is 2. The van der Waals surface area contributed by atoms with E-state index in [-0.39, 0.29) is 24.6 Å². The summed E-state index contributed by atoms with van der Waals surface area (Å²) in [6.45, 7) is -0.360. The molecule has 144 valence electrons. The highest BCUT2D eigenvalue weighted by Crippen LogP contribution is 2.45. The molecular formula is C19H17N3O6. The number of non-ortho nitro benzene ring substituents is 1. The number of carbonyl (C=O) groups excluding carboxylic acids is 3. The summed E-state index contributed by atoms with van der Waals surface area (Å²) in [7, 11) is 1.20. The van der Waals surface area contributed by atoms with Crippen LogP contribution >= 0.6 is 0 Å². The summed E-state index contributed by atoms with van der Waals surface area (Å²) in [6.07, 6.45) is -0.132. The van der Waals surface area contributed by atoms with E-state index in [1.165, 1.54) is 36.3 Å². The molecule has 2 amide bonds. The number of nitrogens with one attached hydrogen (secondary N) is 1. The van der Waals surface area contributed by atoms with Gasteiger partial charge in [-0.2, -0.15) is 0 Å². The van der Waals surface area contributed by atoms with Gasteiger partial charge in [0.15, 0.2) is 5.54 Å². The van der Waals surface area contributed by atoms with Gasteiger partial charge in [0.2, 0.25) is 5.91 Å². The quantitative estimate of drug-likeness (QED) is 0.350. The van der Waals surface area contributed by atoms with Gasteiger partial charge >= 0.3 is 5.97 Å². The number of esters is 1.